The first kappa shape index (κ1) is 12.3. The fraction of sp³-hybridized carbons (Fsp3) is 0.0667. The first-order valence-corrected chi connectivity index (χ1v) is 10.1. The lowest BCUT2D eigenvalue weighted by atomic mass is 10.4. The van der Waals surface area contributed by atoms with Gasteiger partial charge in [0, 0.05) is 0 Å². The van der Waals surface area contributed by atoms with Crippen LogP contribution in [0.2, 0.25) is 6.04 Å². The van der Waals surface area contributed by atoms with E-state index in [-0.39, 0.29) is 0 Å². The van der Waals surface area contributed by atoms with Crippen LogP contribution in [-0.4, -0.2) is 6.69 Å². The maximum Gasteiger partial charge on any atom is 0.194 e. The van der Waals surface area contributed by atoms with Gasteiger partial charge < -0.3 is 0 Å². The molecule has 0 bridgehead atoms. The average Bonchev–Trinajstić information content (AvgIpc) is 2.41. The van der Waals surface area contributed by atoms with E-state index >= 15 is 0 Å². The molecule has 0 N–H and O–H groups in total. The maximum absolute atomic E-state index is 4.03. The normalized spacial score (nSPS) is 11.1. The standard InChI is InChI=1S/C15H15BrSi/c1-2-13-17(16,14-9-5-3-6-10-14)15-11-7-4-8-12-15/h2-12H,1,13H2. The van der Waals surface area contributed by atoms with Gasteiger partial charge >= 0.3 is 0 Å². The fourth-order valence-corrected chi connectivity index (χ4v) is 6.92. The van der Waals surface area contributed by atoms with Crippen LogP contribution in [0.3, 0.4) is 0 Å². The highest BCUT2D eigenvalue weighted by molar-refractivity contribution is 9.27. The van der Waals surface area contributed by atoms with E-state index in [2.05, 4.69) is 82.5 Å². The van der Waals surface area contributed by atoms with Crippen molar-refractivity contribution in [3.63, 3.8) is 0 Å². The quantitative estimate of drug-likeness (QED) is 0.462. The third-order valence-corrected chi connectivity index (χ3v) is 9.95. The molecule has 86 valence electrons. The van der Waals surface area contributed by atoms with E-state index in [0.29, 0.717) is 0 Å². The van der Waals surface area contributed by atoms with Crippen LogP contribution in [0.25, 0.3) is 0 Å². The van der Waals surface area contributed by atoms with Crippen LogP contribution < -0.4 is 10.4 Å². The van der Waals surface area contributed by atoms with Crippen molar-refractivity contribution in [3.05, 3.63) is 73.3 Å². The van der Waals surface area contributed by atoms with Crippen molar-refractivity contribution >= 4 is 32.4 Å². The Morgan fingerprint density at radius 3 is 1.65 bits per heavy atom. The van der Waals surface area contributed by atoms with Crippen LogP contribution in [-0.2, 0) is 0 Å². The summed E-state index contributed by atoms with van der Waals surface area (Å²) >= 11 is 4.03. The van der Waals surface area contributed by atoms with Gasteiger partial charge in [-0.2, -0.15) is 0 Å². The van der Waals surface area contributed by atoms with Crippen LogP contribution in [0, 0.1) is 0 Å². The molecule has 0 nitrogen and oxygen atoms in total. The lowest BCUT2D eigenvalue weighted by Gasteiger charge is -2.24. The first-order valence-electron chi connectivity index (χ1n) is 5.68. The summed E-state index contributed by atoms with van der Waals surface area (Å²) in [5, 5.41) is 2.79. The molecule has 2 rings (SSSR count). The molecule has 0 aliphatic heterocycles. The fourth-order valence-electron chi connectivity index (χ4n) is 2.01. The minimum absolute atomic E-state index is 1.00. The van der Waals surface area contributed by atoms with E-state index in [1.807, 2.05) is 6.08 Å². The van der Waals surface area contributed by atoms with Gasteiger partial charge in [0.15, 0.2) is 6.69 Å². The Balaban J connectivity index is 2.50. The minimum atomic E-state index is -1.81. The van der Waals surface area contributed by atoms with Gasteiger partial charge in [0.25, 0.3) is 0 Å². The SMILES string of the molecule is C=CC[Si](Br)(c1ccccc1)c1ccccc1. The van der Waals surface area contributed by atoms with Gasteiger partial charge in [-0.1, -0.05) is 66.7 Å². The summed E-state index contributed by atoms with van der Waals surface area (Å²) in [4.78, 5) is 0. The highest BCUT2D eigenvalue weighted by atomic mass is 79.9. The summed E-state index contributed by atoms with van der Waals surface area (Å²) in [7, 11) is 0. The Morgan fingerprint density at radius 2 is 1.29 bits per heavy atom. The first-order chi connectivity index (χ1) is 8.27. The zero-order valence-electron chi connectivity index (χ0n) is 9.64. The van der Waals surface area contributed by atoms with Crippen molar-refractivity contribution in [2.45, 2.75) is 6.04 Å². The van der Waals surface area contributed by atoms with E-state index in [4.69, 9.17) is 0 Å². The van der Waals surface area contributed by atoms with E-state index in [1.54, 1.807) is 0 Å². The van der Waals surface area contributed by atoms with Gasteiger partial charge in [-0.25, -0.2) is 0 Å². The topological polar surface area (TPSA) is 0 Å². The van der Waals surface area contributed by atoms with Gasteiger partial charge in [0.2, 0.25) is 0 Å². The van der Waals surface area contributed by atoms with E-state index < -0.39 is 6.69 Å². The van der Waals surface area contributed by atoms with Crippen LogP contribution in [0.1, 0.15) is 0 Å². The highest BCUT2D eigenvalue weighted by Gasteiger charge is 2.32. The van der Waals surface area contributed by atoms with Crippen molar-refractivity contribution in [2.24, 2.45) is 0 Å². The summed E-state index contributed by atoms with van der Waals surface area (Å²) in [5.74, 6) is 0. The van der Waals surface area contributed by atoms with E-state index in [0.717, 1.165) is 6.04 Å². The molecule has 0 amide bonds. The predicted molar refractivity (Wildman–Crippen MR) is 81.8 cm³/mol. The molecule has 0 radical (unpaired) electrons. The monoisotopic (exact) mass is 302 g/mol. The molecular weight excluding hydrogens is 288 g/mol. The Morgan fingerprint density at radius 1 is 0.882 bits per heavy atom. The third kappa shape index (κ3) is 2.59. The number of halogens is 1. The van der Waals surface area contributed by atoms with Crippen molar-refractivity contribution in [3.8, 4) is 0 Å². The second-order valence-corrected chi connectivity index (χ2v) is 11.3. The molecule has 0 unspecified atom stereocenters. The number of benzene rings is 2. The van der Waals surface area contributed by atoms with Crippen LogP contribution >= 0.6 is 15.3 Å². The maximum atomic E-state index is 4.03. The van der Waals surface area contributed by atoms with Crippen molar-refractivity contribution in [1.29, 1.82) is 0 Å². The second kappa shape index (κ2) is 5.47. The van der Waals surface area contributed by atoms with Gasteiger partial charge in [-0.15, -0.1) is 21.9 Å². The molecule has 0 aliphatic carbocycles. The van der Waals surface area contributed by atoms with Crippen molar-refractivity contribution in [1.82, 2.24) is 0 Å². The summed E-state index contributed by atoms with van der Waals surface area (Å²) in [6, 6.07) is 22.4. The molecule has 2 heteroatoms. The minimum Gasteiger partial charge on any atom is -0.114 e. The zero-order valence-corrected chi connectivity index (χ0v) is 12.2. The van der Waals surface area contributed by atoms with Gasteiger partial charge in [-0.3, -0.25) is 0 Å². The molecule has 0 spiro atoms. The second-order valence-electron chi connectivity index (χ2n) is 4.03. The molecule has 0 fully saturated rings. The van der Waals surface area contributed by atoms with Gasteiger partial charge in [0.05, 0.1) is 0 Å². The number of hydrogen-bond acceptors (Lipinski definition) is 0. The number of allylic oxidation sites excluding steroid dienone is 1. The summed E-state index contributed by atoms with van der Waals surface area (Å²) in [6.45, 7) is 2.09. The Hall–Kier alpha value is -1.12. The van der Waals surface area contributed by atoms with Crippen LogP contribution in [0.15, 0.2) is 73.3 Å². The molecule has 0 saturated carbocycles. The number of rotatable bonds is 4. The Labute approximate surface area is 112 Å². The van der Waals surface area contributed by atoms with Gasteiger partial charge in [0.1, 0.15) is 0 Å². The summed E-state index contributed by atoms with van der Waals surface area (Å²) in [6.07, 6.45) is 2.01. The lowest BCUT2D eigenvalue weighted by molar-refractivity contribution is 1.62. The van der Waals surface area contributed by atoms with Crippen molar-refractivity contribution < 1.29 is 0 Å². The molecule has 2 aromatic carbocycles. The van der Waals surface area contributed by atoms with E-state index in [9.17, 15) is 0 Å². The summed E-state index contributed by atoms with van der Waals surface area (Å²) < 4.78 is 0. The third-order valence-electron chi connectivity index (χ3n) is 2.89. The Kier molecular flexibility index (Phi) is 3.97. The molecule has 0 aromatic heterocycles. The van der Waals surface area contributed by atoms with Crippen molar-refractivity contribution in [2.75, 3.05) is 0 Å². The molecule has 2 aromatic rings. The highest BCUT2D eigenvalue weighted by Crippen LogP contribution is 2.18. The molecular formula is C15H15BrSi. The smallest absolute Gasteiger partial charge is 0.114 e. The largest absolute Gasteiger partial charge is 0.194 e. The molecule has 0 saturated heterocycles. The predicted octanol–water partition coefficient (Wildman–Crippen LogP) is 3.33. The molecule has 0 heterocycles. The molecule has 0 aliphatic rings. The molecule has 0 atom stereocenters. The number of hydrogen-bond donors (Lipinski definition) is 0. The Bertz CT molecular complexity index is 439. The van der Waals surface area contributed by atoms with Crippen LogP contribution in [0.5, 0.6) is 0 Å². The van der Waals surface area contributed by atoms with E-state index in [1.165, 1.54) is 10.4 Å². The molecule has 17 heavy (non-hydrogen) atoms. The summed E-state index contributed by atoms with van der Waals surface area (Å²) in [5.41, 5.74) is 0. The zero-order chi connectivity index (χ0) is 12.1. The van der Waals surface area contributed by atoms with Crippen LogP contribution in [0.4, 0.5) is 0 Å². The average molecular weight is 303 g/mol. The lowest BCUT2D eigenvalue weighted by Crippen LogP contribution is -2.52. The van der Waals surface area contributed by atoms with Gasteiger partial charge in [-0.05, 0) is 16.4 Å².